The monoisotopic (exact) mass is 422 g/mol. The molecule has 0 heterocycles. The van der Waals surface area contributed by atoms with Crippen molar-refractivity contribution in [3.05, 3.63) is 12.2 Å². The number of hydrogen-bond acceptors (Lipinski definition) is 2. The summed E-state index contributed by atoms with van der Waals surface area (Å²) in [5, 5.41) is 0.291. The van der Waals surface area contributed by atoms with Gasteiger partial charge in [-0.05, 0) is 108 Å². The van der Waals surface area contributed by atoms with Gasteiger partial charge in [-0.15, -0.1) is 0 Å². The van der Waals surface area contributed by atoms with E-state index in [1.807, 2.05) is 0 Å². The van der Waals surface area contributed by atoms with E-state index < -0.39 is 8.32 Å². The topological polar surface area (TPSA) is 18.5 Å². The van der Waals surface area contributed by atoms with Gasteiger partial charge in [0.2, 0.25) is 0 Å². The molecular weight excluding hydrogens is 372 g/mol. The fourth-order valence-electron chi connectivity index (χ4n) is 5.74. The van der Waals surface area contributed by atoms with E-state index in [9.17, 15) is 0 Å². The molecule has 5 atom stereocenters. The van der Waals surface area contributed by atoms with Gasteiger partial charge in [0, 0.05) is 6.61 Å². The van der Waals surface area contributed by atoms with Gasteiger partial charge in [-0.25, -0.2) is 0 Å². The summed E-state index contributed by atoms with van der Waals surface area (Å²) in [7, 11) is -1.65. The average molecular weight is 423 g/mol. The van der Waals surface area contributed by atoms with Gasteiger partial charge in [0.05, 0.1) is 11.7 Å². The average Bonchev–Trinajstić information content (AvgIpc) is 2.85. The molecule has 3 heteroatoms. The minimum atomic E-state index is -1.65. The van der Waals surface area contributed by atoms with E-state index in [0.717, 1.165) is 18.4 Å². The lowest BCUT2D eigenvalue weighted by Crippen LogP contribution is -2.46. The molecule has 0 aliphatic heterocycles. The first-order valence-corrected chi connectivity index (χ1v) is 15.0. The van der Waals surface area contributed by atoms with Crippen molar-refractivity contribution in [3.8, 4) is 0 Å². The Balaban J connectivity index is 2.06. The van der Waals surface area contributed by atoms with Gasteiger partial charge in [0.25, 0.3) is 0 Å². The van der Waals surface area contributed by atoms with Crippen molar-refractivity contribution >= 4 is 8.32 Å². The Bertz CT molecular complexity index is 568. The van der Waals surface area contributed by atoms with E-state index in [1.54, 1.807) is 0 Å². The van der Waals surface area contributed by atoms with Crippen molar-refractivity contribution in [2.24, 2.45) is 23.2 Å². The van der Waals surface area contributed by atoms with Crippen LogP contribution >= 0.6 is 0 Å². The molecule has 2 saturated carbocycles. The van der Waals surface area contributed by atoms with Crippen LogP contribution < -0.4 is 0 Å². The molecular formula is C26H50O2Si. The fourth-order valence-corrected chi connectivity index (χ4v) is 6.82. The molecule has 0 aromatic heterocycles. The van der Waals surface area contributed by atoms with Crippen molar-refractivity contribution in [3.63, 3.8) is 0 Å². The summed E-state index contributed by atoms with van der Waals surface area (Å²) in [6, 6.07) is 0. The summed E-state index contributed by atoms with van der Waals surface area (Å²) in [4.78, 5) is 0. The van der Waals surface area contributed by atoms with Crippen LogP contribution in [0.3, 0.4) is 0 Å². The SMILES string of the molecule is C=C(C)C1CC[C@]2(C)C(OC(C)(C)C)CCC2C1CCCO[Si](C)(C)C(C)(C)C. The molecule has 2 aliphatic rings. The third kappa shape index (κ3) is 5.77. The van der Waals surface area contributed by atoms with Gasteiger partial charge in [-0.1, -0.05) is 39.8 Å². The highest BCUT2D eigenvalue weighted by molar-refractivity contribution is 6.74. The molecule has 0 saturated heterocycles. The number of hydrogen-bond donors (Lipinski definition) is 0. The first-order chi connectivity index (χ1) is 13.1. The first-order valence-electron chi connectivity index (χ1n) is 12.1. The van der Waals surface area contributed by atoms with Gasteiger partial charge < -0.3 is 9.16 Å². The predicted octanol–water partition coefficient (Wildman–Crippen LogP) is 7.99. The minimum Gasteiger partial charge on any atom is -0.417 e. The van der Waals surface area contributed by atoms with Gasteiger partial charge in [-0.2, -0.15) is 0 Å². The van der Waals surface area contributed by atoms with Crippen LogP contribution in [0, 0.1) is 23.2 Å². The predicted molar refractivity (Wildman–Crippen MR) is 129 cm³/mol. The fraction of sp³-hybridized carbons (Fsp3) is 0.923. The number of ether oxygens (including phenoxy) is 1. The second-order valence-electron chi connectivity index (χ2n) is 12.8. The Labute approximate surface area is 183 Å². The van der Waals surface area contributed by atoms with Gasteiger partial charge in [-0.3, -0.25) is 0 Å². The van der Waals surface area contributed by atoms with Crippen molar-refractivity contribution in [1.29, 1.82) is 0 Å². The lowest BCUT2D eigenvalue weighted by atomic mass is 9.57. The number of rotatable bonds is 7. The van der Waals surface area contributed by atoms with E-state index in [-0.39, 0.29) is 5.60 Å². The highest BCUT2D eigenvalue weighted by atomic mass is 28.4. The molecule has 2 fully saturated rings. The maximum Gasteiger partial charge on any atom is 0.191 e. The normalized spacial score (nSPS) is 33.6. The highest BCUT2D eigenvalue weighted by Crippen LogP contribution is 2.59. The standard InChI is InChI=1S/C26H50O2Si/c1-19(2)20-16-17-26(9)22(14-15-23(26)28-24(3,4)5)21(20)13-12-18-27-29(10,11)25(6,7)8/h20-23H,1,12-18H2,2-11H3/t20?,21?,22?,23?,26-/m0/s1. The van der Waals surface area contributed by atoms with Crippen LogP contribution in [-0.4, -0.2) is 26.6 Å². The van der Waals surface area contributed by atoms with Crippen LogP contribution in [0.1, 0.15) is 93.9 Å². The number of fused-ring (bicyclic) bond motifs is 1. The minimum absolute atomic E-state index is 0.0553. The Morgan fingerprint density at radius 1 is 1.07 bits per heavy atom. The molecule has 2 rings (SSSR count). The van der Waals surface area contributed by atoms with Crippen LogP contribution in [0.4, 0.5) is 0 Å². The maximum atomic E-state index is 6.58. The molecule has 0 N–H and O–H groups in total. The van der Waals surface area contributed by atoms with Gasteiger partial charge in [0.15, 0.2) is 8.32 Å². The lowest BCUT2D eigenvalue weighted by molar-refractivity contribution is -0.127. The molecule has 29 heavy (non-hydrogen) atoms. The van der Waals surface area contributed by atoms with Crippen molar-refractivity contribution in [1.82, 2.24) is 0 Å². The Morgan fingerprint density at radius 3 is 2.21 bits per heavy atom. The maximum absolute atomic E-state index is 6.58. The summed E-state index contributed by atoms with van der Waals surface area (Å²) in [5.41, 5.74) is 1.66. The second kappa shape index (κ2) is 8.79. The lowest BCUT2D eigenvalue weighted by Gasteiger charge is -2.50. The summed E-state index contributed by atoms with van der Waals surface area (Å²) in [6.07, 6.45) is 7.96. The Kier molecular flexibility index (Phi) is 7.62. The summed E-state index contributed by atoms with van der Waals surface area (Å²) < 4.78 is 13.1. The Morgan fingerprint density at radius 2 is 1.69 bits per heavy atom. The first kappa shape index (κ1) is 25.1. The number of allylic oxidation sites excluding steroid dienone is 1. The third-order valence-electron chi connectivity index (χ3n) is 8.43. The van der Waals surface area contributed by atoms with Crippen LogP contribution in [-0.2, 0) is 9.16 Å². The molecule has 2 nitrogen and oxygen atoms in total. The molecule has 0 aromatic rings. The van der Waals surface area contributed by atoms with Crippen molar-refractivity contribution in [2.45, 2.75) is 124 Å². The van der Waals surface area contributed by atoms with Crippen molar-refractivity contribution < 1.29 is 9.16 Å². The molecule has 0 bridgehead atoms. The zero-order valence-corrected chi connectivity index (χ0v) is 22.3. The molecule has 4 unspecified atom stereocenters. The van der Waals surface area contributed by atoms with E-state index in [0.29, 0.717) is 22.5 Å². The third-order valence-corrected chi connectivity index (χ3v) is 13.0. The van der Waals surface area contributed by atoms with E-state index >= 15 is 0 Å². The molecule has 0 radical (unpaired) electrons. The van der Waals surface area contributed by atoms with Crippen LogP contribution in [0.25, 0.3) is 0 Å². The summed E-state index contributed by atoms with van der Waals surface area (Å²) in [6.45, 7) is 28.4. The largest absolute Gasteiger partial charge is 0.417 e. The van der Waals surface area contributed by atoms with E-state index in [2.05, 4.69) is 75.1 Å². The highest BCUT2D eigenvalue weighted by Gasteiger charge is 2.54. The van der Waals surface area contributed by atoms with Crippen molar-refractivity contribution in [2.75, 3.05) is 6.61 Å². The Hall–Kier alpha value is -0.123. The summed E-state index contributed by atoms with van der Waals surface area (Å²) in [5.74, 6) is 2.18. The molecule has 0 spiro atoms. The van der Waals surface area contributed by atoms with Crippen LogP contribution in [0.5, 0.6) is 0 Å². The zero-order valence-electron chi connectivity index (χ0n) is 21.3. The molecule has 170 valence electrons. The van der Waals surface area contributed by atoms with Gasteiger partial charge in [0.1, 0.15) is 0 Å². The van der Waals surface area contributed by atoms with Gasteiger partial charge >= 0.3 is 0 Å². The quantitative estimate of drug-likeness (QED) is 0.235. The van der Waals surface area contributed by atoms with Crippen LogP contribution in [0.15, 0.2) is 12.2 Å². The molecule has 2 aliphatic carbocycles. The van der Waals surface area contributed by atoms with E-state index in [4.69, 9.17) is 9.16 Å². The zero-order chi connectivity index (χ0) is 22.3. The summed E-state index contributed by atoms with van der Waals surface area (Å²) >= 11 is 0. The molecule has 0 aromatic carbocycles. The van der Waals surface area contributed by atoms with E-state index in [1.165, 1.54) is 44.1 Å². The smallest absolute Gasteiger partial charge is 0.191 e. The molecule has 0 amide bonds. The second-order valence-corrected chi connectivity index (χ2v) is 17.6. The van der Waals surface area contributed by atoms with Crippen LogP contribution in [0.2, 0.25) is 18.1 Å².